The van der Waals surface area contributed by atoms with Crippen molar-refractivity contribution in [2.24, 2.45) is 16.5 Å². The lowest BCUT2D eigenvalue weighted by atomic mass is 9.65. The summed E-state index contributed by atoms with van der Waals surface area (Å²) in [6.07, 6.45) is 3.87. The molecule has 10 nitrogen and oxygen atoms in total. The first-order chi connectivity index (χ1) is 15.9. The number of carbonyl (C=O) groups is 3. The molecule has 1 spiro atoms. The topological polar surface area (TPSA) is 145 Å². The van der Waals surface area contributed by atoms with E-state index >= 15 is 0 Å². The van der Waals surface area contributed by atoms with Gasteiger partial charge in [-0.15, -0.1) is 0 Å². The fourth-order valence-corrected chi connectivity index (χ4v) is 5.07. The molecule has 1 aromatic carbocycles. The van der Waals surface area contributed by atoms with Gasteiger partial charge in [0.15, 0.2) is 0 Å². The molecular formula is C23H33N3O7S. The molecule has 2 fully saturated rings. The van der Waals surface area contributed by atoms with E-state index in [-0.39, 0.29) is 29.4 Å². The van der Waals surface area contributed by atoms with E-state index in [9.17, 15) is 22.8 Å². The molecule has 3 rings (SSSR count). The highest BCUT2D eigenvalue weighted by Crippen LogP contribution is 2.45. The van der Waals surface area contributed by atoms with E-state index in [1.807, 2.05) is 0 Å². The fraction of sp³-hybridized carbons (Fsp3) is 0.609. The zero-order valence-corrected chi connectivity index (χ0v) is 20.7. The molecule has 188 valence electrons. The molecule has 1 heterocycles. The lowest BCUT2D eigenvalue weighted by molar-refractivity contribution is -0.148. The highest BCUT2D eigenvalue weighted by atomic mass is 32.2. The van der Waals surface area contributed by atoms with Gasteiger partial charge in [-0.2, -0.15) is 0 Å². The van der Waals surface area contributed by atoms with Gasteiger partial charge in [0.1, 0.15) is 31.0 Å². The average molecular weight is 496 g/mol. The molecule has 3 amide bonds. The lowest BCUT2D eigenvalue weighted by Gasteiger charge is -2.42. The van der Waals surface area contributed by atoms with Crippen molar-refractivity contribution in [1.29, 1.82) is 0 Å². The minimum absolute atomic E-state index is 0.0130. The number of nitrogens with one attached hydrogen (secondary N) is 1. The van der Waals surface area contributed by atoms with Crippen molar-refractivity contribution in [3.63, 3.8) is 0 Å². The SMILES string of the molecule is CCC(C)(C)C1CCC2(CC1)NC(=O)N(CC(=O)OCCOc1ccc(S(N)(=O)=O)cc1)C2=O. The molecule has 0 bridgehead atoms. The highest BCUT2D eigenvalue weighted by molar-refractivity contribution is 7.89. The van der Waals surface area contributed by atoms with Gasteiger partial charge in [-0.1, -0.05) is 27.2 Å². The summed E-state index contributed by atoms with van der Waals surface area (Å²) in [5.41, 5.74) is -0.743. The zero-order valence-electron chi connectivity index (χ0n) is 19.8. The molecule has 0 unspecified atom stereocenters. The molecule has 34 heavy (non-hydrogen) atoms. The van der Waals surface area contributed by atoms with E-state index < -0.39 is 34.1 Å². The summed E-state index contributed by atoms with van der Waals surface area (Å²) in [5, 5.41) is 7.86. The van der Waals surface area contributed by atoms with Crippen molar-refractivity contribution in [2.75, 3.05) is 19.8 Å². The predicted molar refractivity (Wildman–Crippen MR) is 123 cm³/mol. The molecule has 3 N–H and O–H groups in total. The van der Waals surface area contributed by atoms with Crippen LogP contribution in [-0.4, -0.2) is 56.5 Å². The van der Waals surface area contributed by atoms with Crippen LogP contribution in [0.15, 0.2) is 29.2 Å². The smallest absolute Gasteiger partial charge is 0.326 e. The summed E-state index contributed by atoms with van der Waals surface area (Å²) in [4.78, 5) is 38.6. The van der Waals surface area contributed by atoms with Crippen LogP contribution in [0.5, 0.6) is 5.75 Å². The maximum Gasteiger partial charge on any atom is 0.326 e. The second-order valence-electron chi connectivity index (χ2n) is 9.61. The molecule has 0 atom stereocenters. The highest BCUT2D eigenvalue weighted by Gasteiger charge is 2.53. The number of amides is 3. The number of benzene rings is 1. The number of nitrogens with zero attached hydrogens (tertiary/aromatic N) is 1. The number of imide groups is 1. The summed E-state index contributed by atoms with van der Waals surface area (Å²) < 4.78 is 33.0. The monoisotopic (exact) mass is 495 g/mol. The van der Waals surface area contributed by atoms with Crippen LogP contribution in [0.4, 0.5) is 4.79 Å². The van der Waals surface area contributed by atoms with Gasteiger partial charge in [0.2, 0.25) is 10.0 Å². The lowest BCUT2D eigenvalue weighted by Crippen LogP contribution is -2.51. The normalized spacial score (nSPS) is 23.2. The maximum atomic E-state index is 13.0. The zero-order chi connectivity index (χ0) is 25.1. The summed E-state index contributed by atoms with van der Waals surface area (Å²) in [6, 6.07) is 4.91. The number of hydrogen-bond donors (Lipinski definition) is 2. The molecule has 1 aliphatic heterocycles. The third-order valence-electron chi connectivity index (χ3n) is 7.16. The Morgan fingerprint density at radius 2 is 1.79 bits per heavy atom. The molecular weight excluding hydrogens is 462 g/mol. The number of hydrogen-bond acceptors (Lipinski definition) is 7. The Kier molecular flexibility index (Phi) is 7.56. The number of carbonyl (C=O) groups excluding carboxylic acids is 3. The first-order valence-corrected chi connectivity index (χ1v) is 13.0. The van der Waals surface area contributed by atoms with Crippen LogP contribution in [-0.2, 0) is 24.3 Å². The fourth-order valence-electron chi connectivity index (χ4n) is 4.55. The Labute approximate surface area is 200 Å². The van der Waals surface area contributed by atoms with Gasteiger partial charge < -0.3 is 14.8 Å². The number of rotatable bonds is 9. The second-order valence-corrected chi connectivity index (χ2v) is 11.2. The molecule has 0 radical (unpaired) electrons. The van der Waals surface area contributed by atoms with Gasteiger partial charge in [-0.3, -0.25) is 14.5 Å². The molecule has 1 aliphatic carbocycles. The van der Waals surface area contributed by atoms with Crippen molar-refractivity contribution >= 4 is 27.9 Å². The number of sulfonamides is 1. The van der Waals surface area contributed by atoms with Gasteiger partial charge in [-0.25, -0.2) is 18.4 Å². The van der Waals surface area contributed by atoms with E-state index in [0.29, 0.717) is 24.5 Å². The first-order valence-electron chi connectivity index (χ1n) is 11.4. The van der Waals surface area contributed by atoms with Crippen LogP contribution >= 0.6 is 0 Å². The standard InChI is InChI=1S/C23H33N3O7S/c1-4-22(2,3)16-9-11-23(12-10-16)20(28)26(21(29)25-23)15-19(27)33-14-13-32-17-5-7-18(8-6-17)34(24,30)31/h5-8,16H,4,9-15H2,1-3H3,(H,25,29)(H2,24,30,31). The Hall–Kier alpha value is -2.66. The Morgan fingerprint density at radius 1 is 1.18 bits per heavy atom. The molecule has 0 aromatic heterocycles. The van der Waals surface area contributed by atoms with Crippen molar-refractivity contribution in [2.45, 2.75) is 63.3 Å². The first kappa shape index (κ1) is 26.0. The maximum absolute atomic E-state index is 13.0. The Bertz CT molecular complexity index is 1030. The van der Waals surface area contributed by atoms with Gasteiger partial charge in [0, 0.05) is 0 Å². The van der Waals surface area contributed by atoms with Crippen LogP contribution in [0.3, 0.4) is 0 Å². The van der Waals surface area contributed by atoms with Gasteiger partial charge in [-0.05, 0) is 61.3 Å². The van der Waals surface area contributed by atoms with Crippen LogP contribution < -0.4 is 15.2 Å². The quantitative estimate of drug-likeness (QED) is 0.303. The molecule has 11 heteroatoms. The van der Waals surface area contributed by atoms with Crippen molar-refractivity contribution in [3.8, 4) is 5.75 Å². The number of urea groups is 1. The van der Waals surface area contributed by atoms with Crippen LogP contribution in [0.1, 0.15) is 52.9 Å². The molecule has 1 saturated carbocycles. The van der Waals surface area contributed by atoms with Gasteiger partial charge in [0.25, 0.3) is 5.91 Å². The third-order valence-corrected chi connectivity index (χ3v) is 8.09. The summed E-state index contributed by atoms with van der Waals surface area (Å²) in [7, 11) is -3.79. The van der Waals surface area contributed by atoms with Gasteiger partial charge >= 0.3 is 12.0 Å². The summed E-state index contributed by atoms with van der Waals surface area (Å²) in [6.45, 7) is 6.08. The third kappa shape index (κ3) is 5.69. The number of nitrogens with two attached hydrogens (primary N) is 1. The minimum atomic E-state index is -3.79. The Morgan fingerprint density at radius 3 is 2.35 bits per heavy atom. The number of esters is 1. The van der Waals surface area contributed by atoms with E-state index in [1.54, 1.807) is 0 Å². The summed E-state index contributed by atoms with van der Waals surface area (Å²) in [5.74, 6) is -0.216. The molecule has 2 aliphatic rings. The molecule has 1 aromatic rings. The second kappa shape index (κ2) is 9.91. The number of ether oxygens (including phenoxy) is 2. The number of primary sulfonamides is 1. The van der Waals surface area contributed by atoms with Crippen molar-refractivity contribution in [1.82, 2.24) is 10.2 Å². The Balaban J connectivity index is 1.45. The molecule has 1 saturated heterocycles. The predicted octanol–water partition coefficient (Wildman–Crippen LogP) is 2.17. The van der Waals surface area contributed by atoms with E-state index in [1.165, 1.54) is 24.3 Å². The van der Waals surface area contributed by atoms with E-state index in [2.05, 4.69) is 26.1 Å². The van der Waals surface area contributed by atoms with Crippen molar-refractivity contribution < 1.29 is 32.3 Å². The summed E-state index contributed by atoms with van der Waals surface area (Å²) >= 11 is 0. The van der Waals surface area contributed by atoms with E-state index in [0.717, 1.165) is 24.2 Å². The average Bonchev–Trinajstić information content (AvgIpc) is 3.00. The van der Waals surface area contributed by atoms with E-state index in [4.69, 9.17) is 14.6 Å². The van der Waals surface area contributed by atoms with Crippen LogP contribution in [0, 0.1) is 11.3 Å². The van der Waals surface area contributed by atoms with Gasteiger partial charge in [0.05, 0.1) is 4.90 Å². The van der Waals surface area contributed by atoms with Crippen LogP contribution in [0.25, 0.3) is 0 Å². The largest absolute Gasteiger partial charge is 0.490 e. The van der Waals surface area contributed by atoms with Crippen LogP contribution in [0.2, 0.25) is 0 Å². The van der Waals surface area contributed by atoms with Crippen molar-refractivity contribution in [3.05, 3.63) is 24.3 Å². The minimum Gasteiger partial charge on any atom is -0.490 e.